The SMILES string of the molecule is O=C1CC2(CCN(C(=O)C3CC34CCC4)CC2)OCCN1Cc1cscn1. The van der Waals surface area contributed by atoms with Crippen molar-refractivity contribution in [1.82, 2.24) is 14.8 Å². The van der Waals surface area contributed by atoms with Crippen molar-refractivity contribution in [3.63, 3.8) is 0 Å². The van der Waals surface area contributed by atoms with Gasteiger partial charge in [0, 0.05) is 30.9 Å². The molecule has 4 aliphatic rings. The normalized spacial score (nSPS) is 28.9. The average Bonchev–Trinajstić information content (AvgIpc) is 3.25. The van der Waals surface area contributed by atoms with Crippen LogP contribution in [0.15, 0.2) is 10.9 Å². The molecule has 0 N–H and O–H groups in total. The Hall–Kier alpha value is -1.47. The van der Waals surface area contributed by atoms with E-state index in [-0.39, 0.29) is 17.4 Å². The number of amides is 2. The van der Waals surface area contributed by atoms with Crippen molar-refractivity contribution in [2.24, 2.45) is 11.3 Å². The summed E-state index contributed by atoms with van der Waals surface area (Å²) in [6.45, 7) is 3.20. The molecule has 2 aliphatic heterocycles. The van der Waals surface area contributed by atoms with Crippen LogP contribution in [0, 0.1) is 11.3 Å². The minimum atomic E-state index is -0.387. The van der Waals surface area contributed by atoms with Crippen molar-refractivity contribution >= 4 is 23.2 Å². The summed E-state index contributed by atoms with van der Waals surface area (Å²) in [5, 5.41) is 1.99. The van der Waals surface area contributed by atoms with Crippen LogP contribution >= 0.6 is 11.3 Å². The zero-order chi connectivity index (χ0) is 18.5. The largest absolute Gasteiger partial charge is 0.372 e. The molecule has 146 valence electrons. The van der Waals surface area contributed by atoms with Crippen LogP contribution < -0.4 is 0 Å². The van der Waals surface area contributed by atoms with Gasteiger partial charge in [-0.1, -0.05) is 6.42 Å². The Morgan fingerprint density at radius 1 is 1.26 bits per heavy atom. The minimum absolute atomic E-state index is 0.149. The van der Waals surface area contributed by atoms with Crippen LogP contribution in [0.4, 0.5) is 0 Å². The molecule has 2 amide bonds. The van der Waals surface area contributed by atoms with Crippen LogP contribution in [0.2, 0.25) is 0 Å². The fraction of sp³-hybridized carbons (Fsp3) is 0.750. The standard InChI is InChI=1S/C20H27N3O3S/c24-17-11-20(26-9-8-23(17)12-15-13-27-14-21-15)4-6-22(7-5-20)18(25)16-10-19(16)2-1-3-19/h13-14,16H,1-12H2. The van der Waals surface area contributed by atoms with Crippen molar-refractivity contribution < 1.29 is 14.3 Å². The van der Waals surface area contributed by atoms with E-state index >= 15 is 0 Å². The van der Waals surface area contributed by atoms with E-state index < -0.39 is 0 Å². The fourth-order valence-corrected chi connectivity index (χ4v) is 5.72. The van der Waals surface area contributed by atoms with Gasteiger partial charge in [-0.3, -0.25) is 9.59 Å². The molecule has 2 spiro atoms. The molecule has 3 heterocycles. The van der Waals surface area contributed by atoms with Crippen molar-refractivity contribution in [2.75, 3.05) is 26.2 Å². The van der Waals surface area contributed by atoms with Gasteiger partial charge in [-0.15, -0.1) is 11.3 Å². The average molecular weight is 390 g/mol. The number of likely N-dealkylation sites (tertiary alicyclic amines) is 1. The van der Waals surface area contributed by atoms with E-state index in [0.717, 1.165) is 38.0 Å². The smallest absolute Gasteiger partial charge is 0.226 e. The predicted octanol–water partition coefficient (Wildman–Crippen LogP) is 2.44. The van der Waals surface area contributed by atoms with Gasteiger partial charge in [-0.2, -0.15) is 0 Å². The van der Waals surface area contributed by atoms with Crippen molar-refractivity contribution in [1.29, 1.82) is 0 Å². The number of hydrogen-bond acceptors (Lipinski definition) is 5. The molecular formula is C20H27N3O3S. The first-order valence-electron chi connectivity index (χ1n) is 10.2. The molecule has 6 nitrogen and oxygen atoms in total. The fourth-order valence-electron chi connectivity index (χ4n) is 5.17. The Morgan fingerprint density at radius 2 is 2.07 bits per heavy atom. The number of ether oxygens (including phenoxy) is 1. The Kier molecular flexibility index (Phi) is 4.27. The minimum Gasteiger partial charge on any atom is -0.372 e. The van der Waals surface area contributed by atoms with Gasteiger partial charge < -0.3 is 14.5 Å². The summed E-state index contributed by atoms with van der Waals surface area (Å²) in [4.78, 5) is 33.8. The highest BCUT2D eigenvalue weighted by molar-refractivity contribution is 7.07. The first-order chi connectivity index (χ1) is 13.1. The zero-order valence-electron chi connectivity index (χ0n) is 15.7. The molecule has 5 rings (SSSR count). The Labute approximate surface area is 163 Å². The lowest BCUT2D eigenvalue weighted by Gasteiger charge is -2.41. The Morgan fingerprint density at radius 3 is 2.70 bits per heavy atom. The van der Waals surface area contributed by atoms with Crippen molar-refractivity contribution in [3.8, 4) is 0 Å². The van der Waals surface area contributed by atoms with Crippen LogP contribution in [0.3, 0.4) is 0 Å². The van der Waals surface area contributed by atoms with Crippen molar-refractivity contribution in [2.45, 2.75) is 57.1 Å². The lowest BCUT2D eigenvalue weighted by molar-refractivity contribution is -0.143. The molecule has 2 aliphatic carbocycles. The number of carbonyl (C=O) groups is 2. The molecule has 7 heteroatoms. The topological polar surface area (TPSA) is 62.7 Å². The third-order valence-corrected chi connectivity index (χ3v) is 7.89. The van der Waals surface area contributed by atoms with E-state index in [1.165, 1.54) is 19.3 Å². The van der Waals surface area contributed by atoms with E-state index in [1.54, 1.807) is 16.8 Å². The van der Waals surface area contributed by atoms with Gasteiger partial charge in [0.2, 0.25) is 11.8 Å². The number of carbonyl (C=O) groups excluding carboxylic acids is 2. The molecule has 0 aromatic carbocycles. The van der Waals surface area contributed by atoms with Crippen LogP contribution in [-0.2, 0) is 20.9 Å². The summed E-state index contributed by atoms with van der Waals surface area (Å²) in [6, 6.07) is 0. The second-order valence-electron chi connectivity index (χ2n) is 8.80. The second kappa shape index (κ2) is 6.55. The second-order valence-corrected chi connectivity index (χ2v) is 9.52. The van der Waals surface area contributed by atoms with Gasteiger partial charge in [0.1, 0.15) is 0 Å². The Bertz CT molecular complexity index is 723. The zero-order valence-corrected chi connectivity index (χ0v) is 16.5. The summed E-state index contributed by atoms with van der Waals surface area (Å²) in [7, 11) is 0. The van der Waals surface area contributed by atoms with Crippen LogP contribution in [0.5, 0.6) is 0 Å². The highest BCUT2D eigenvalue weighted by Gasteiger charge is 2.62. The summed E-state index contributed by atoms with van der Waals surface area (Å²) < 4.78 is 6.21. The van der Waals surface area contributed by atoms with Crippen molar-refractivity contribution in [3.05, 3.63) is 16.6 Å². The van der Waals surface area contributed by atoms with E-state index in [4.69, 9.17) is 4.74 Å². The number of nitrogens with zero attached hydrogens (tertiary/aromatic N) is 3. The van der Waals surface area contributed by atoms with Crippen LogP contribution in [0.25, 0.3) is 0 Å². The third kappa shape index (κ3) is 3.18. The van der Waals surface area contributed by atoms with Gasteiger partial charge in [0.15, 0.2) is 0 Å². The number of piperidine rings is 1. The lowest BCUT2D eigenvalue weighted by atomic mass is 9.79. The first-order valence-corrected chi connectivity index (χ1v) is 11.1. The molecule has 1 unspecified atom stereocenters. The summed E-state index contributed by atoms with van der Waals surface area (Å²) in [5.74, 6) is 0.788. The number of thiazole rings is 1. The number of hydrogen-bond donors (Lipinski definition) is 0. The summed E-state index contributed by atoms with van der Waals surface area (Å²) in [6.07, 6.45) is 6.85. The van der Waals surface area contributed by atoms with E-state index in [1.807, 2.05) is 15.2 Å². The van der Waals surface area contributed by atoms with E-state index in [9.17, 15) is 9.59 Å². The molecule has 2 saturated carbocycles. The highest BCUT2D eigenvalue weighted by Crippen LogP contribution is 2.66. The molecule has 27 heavy (non-hydrogen) atoms. The molecule has 1 atom stereocenters. The van der Waals surface area contributed by atoms with E-state index in [2.05, 4.69) is 4.98 Å². The molecule has 4 fully saturated rings. The molecular weight excluding hydrogens is 362 g/mol. The number of aromatic nitrogens is 1. The number of rotatable bonds is 3. The third-order valence-electron chi connectivity index (χ3n) is 7.26. The monoisotopic (exact) mass is 389 g/mol. The highest BCUT2D eigenvalue weighted by atomic mass is 32.1. The maximum Gasteiger partial charge on any atom is 0.226 e. The predicted molar refractivity (Wildman–Crippen MR) is 101 cm³/mol. The molecule has 0 radical (unpaired) electrons. The molecule has 2 saturated heterocycles. The summed E-state index contributed by atoms with van der Waals surface area (Å²) >= 11 is 1.55. The maximum absolute atomic E-state index is 12.8. The quantitative estimate of drug-likeness (QED) is 0.797. The van der Waals surface area contributed by atoms with Gasteiger partial charge in [0.25, 0.3) is 0 Å². The van der Waals surface area contributed by atoms with Gasteiger partial charge in [-0.25, -0.2) is 4.98 Å². The molecule has 1 aromatic heterocycles. The van der Waals surface area contributed by atoms with Crippen LogP contribution in [-0.4, -0.2) is 58.4 Å². The Balaban J connectivity index is 1.18. The van der Waals surface area contributed by atoms with Gasteiger partial charge in [0.05, 0.1) is 36.4 Å². The molecule has 0 bridgehead atoms. The molecule has 1 aromatic rings. The lowest BCUT2D eigenvalue weighted by Crippen LogP contribution is -2.49. The van der Waals surface area contributed by atoms with E-state index in [0.29, 0.717) is 37.4 Å². The van der Waals surface area contributed by atoms with Crippen LogP contribution in [0.1, 0.15) is 50.6 Å². The maximum atomic E-state index is 12.8. The summed E-state index contributed by atoms with van der Waals surface area (Å²) in [5.41, 5.74) is 2.74. The first kappa shape index (κ1) is 17.6. The van der Waals surface area contributed by atoms with Gasteiger partial charge in [-0.05, 0) is 37.5 Å². The van der Waals surface area contributed by atoms with Gasteiger partial charge >= 0.3 is 0 Å².